The number of fused-ring (bicyclic) bond motifs is 1. The van der Waals surface area contributed by atoms with Crippen LogP contribution >= 0.6 is 27.5 Å². The van der Waals surface area contributed by atoms with E-state index in [0.29, 0.717) is 27.0 Å². The zero-order chi connectivity index (χ0) is 15.5. The highest BCUT2D eigenvalue weighted by Gasteiger charge is 2.18. The summed E-state index contributed by atoms with van der Waals surface area (Å²) >= 11 is 9.24. The third-order valence-electron chi connectivity index (χ3n) is 2.85. The molecule has 0 fully saturated rings. The molecule has 0 radical (unpaired) electrons. The molecule has 2 aromatic rings. The number of ether oxygens (including phenoxy) is 3. The fraction of sp³-hybridized carbons (Fsp3) is 0.133. The van der Waals surface area contributed by atoms with Gasteiger partial charge in [0, 0.05) is 6.08 Å². The Labute approximate surface area is 139 Å². The van der Waals surface area contributed by atoms with E-state index in [-0.39, 0.29) is 13.4 Å². The predicted molar refractivity (Wildman–Crippen MR) is 82.8 cm³/mol. The van der Waals surface area contributed by atoms with Crippen LogP contribution < -0.4 is 9.47 Å². The molecule has 1 aliphatic heterocycles. The molecule has 5 nitrogen and oxygen atoms in total. The zero-order valence-corrected chi connectivity index (χ0v) is 13.5. The molecule has 1 aromatic heterocycles. The van der Waals surface area contributed by atoms with E-state index in [0.717, 1.165) is 5.56 Å². The van der Waals surface area contributed by atoms with E-state index < -0.39 is 5.97 Å². The fourth-order valence-corrected chi connectivity index (χ4v) is 2.48. The number of benzene rings is 1. The van der Waals surface area contributed by atoms with Crippen molar-refractivity contribution >= 4 is 39.6 Å². The second kappa shape index (κ2) is 6.46. The Bertz CT molecular complexity index is 738. The Morgan fingerprint density at radius 2 is 2.23 bits per heavy atom. The van der Waals surface area contributed by atoms with Crippen LogP contribution in [0.2, 0.25) is 5.02 Å². The summed E-state index contributed by atoms with van der Waals surface area (Å²) in [5, 5.41) is 0.428. The maximum atomic E-state index is 11.7. The van der Waals surface area contributed by atoms with Crippen molar-refractivity contribution in [3.05, 3.63) is 51.4 Å². The smallest absolute Gasteiger partial charge is 0.331 e. The Morgan fingerprint density at radius 3 is 3.00 bits per heavy atom. The Kier molecular flexibility index (Phi) is 4.40. The average Bonchev–Trinajstić information content (AvgIpc) is 3.12. The lowest BCUT2D eigenvalue weighted by Gasteiger charge is -2.05. The lowest BCUT2D eigenvalue weighted by Crippen LogP contribution is -2.00. The molecule has 22 heavy (non-hydrogen) atoms. The molecule has 0 spiro atoms. The molecular weight excluding hydrogens is 376 g/mol. The number of esters is 1. The van der Waals surface area contributed by atoms with Crippen LogP contribution in [0.1, 0.15) is 11.3 Å². The van der Waals surface area contributed by atoms with Crippen LogP contribution in [0.4, 0.5) is 0 Å². The van der Waals surface area contributed by atoms with Crippen molar-refractivity contribution in [1.82, 2.24) is 0 Å². The number of carbonyl (C=O) groups excluding carboxylic acids is 1. The normalized spacial score (nSPS) is 12.8. The number of halogens is 2. The third-order valence-corrected chi connectivity index (χ3v) is 3.55. The molecule has 114 valence electrons. The van der Waals surface area contributed by atoms with E-state index in [2.05, 4.69) is 15.9 Å². The molecule has 0 bridgehead atoms. The van der Waals surface area contributed by atoms with Gasteiger partial charge in [-0.05, 0) is 51.8 Å². The molecule has 0 aliphatic carbocycles. The molecule has 0 atom stereocenters. The van der Waals surface area contributed by atoms with Gasteiger partial charge in [-0.3, -0.25) is 0 Å². The van der Waals surface area contributed by atoms with Crippen molar-refractivity contribution in [2.24, 2.45) is 0 Å². The number of carbonyl (C=O) groups is 1. The average molecular weight is 386 g/mol. The maximum Gasteiger partial charge on any atom is 0.331 e. The molecular formula is C15H10BrClO5. The molecule has 0 unspecified atom stereocenters. The first kappa shape index (κ1) is 15.0. The van der Waals surface area contributed by atoms with Gasteiger partial charge in [-0.15, -0.1) is 0 Å². The van der Waals surface area contributed by atoms with Crippen LogP contribution in [-0.2, 0) is 16.1 Å². The fourth-order valence-electron chi connectivity index (χ4n) is 1.87. The minimum atomic E-state index is -0.485. The van der Waals surface area contributed by atoms with Crippen molar-refractivity contribution in [3.8, 4) is 11.5 Å². The van der Waals surface area contributed by atoms with E-state index in [1.54, 1.807) is 24.3 Å². The van der Waals surface area contributed by atoms with E-state index in [1.165, 1.54) is 12.2 Å². The van der Waals surface area contributed by atoms with Crippen molar-refractivity contribution in [3.63, 3.8) is 0 Å². The van der Waals surface area contributed by atoms with Crippen LogP contribution in [0.5, 0.6) is 11.5 Å². The Morgan fingerprint density at radius 1 is 1.36 bits per heavy atom. The number of rotatable bonds is 4. The predicted octanol–water partition coefficient (Wildman–Crippen LogP) is 4.18. The van der Waals surface area contributed by atoms with Gasteiger partial charge in [-0.1, -0.05) is 11.6 Å². The highest BCUT2D eigenvalue weighted by molar-refractivity contribution is 9.10. The first-order valence-corrected chi connectivity index (χ1v) is 7.47. The van der Waals surface area contributed by atoms with Gasteiger partial charge < -0.3 is 18.6 Å². The lowest BCUT2D eigenvalue weighted by molar-refractivity contribution is -0.138. The van der Waals surface area contributed by atoms with Gasteiger partial charge in [0.25, 0.3) is 0 Å². The van der Waals surface area contributed by atoms with E-state index in [9.17, 15) is 4.79 Å². The summed E-state index contributed by atoms with van der Waals surface area (Å²) < 4.78 is 21.4. The van der Waals surface area contributed by atoms with E-state index in [4.69, 9.17) is 30.2 Å². The summed E-state index contributed by atoms with van der Waals surface area (Å²) in [4.78, 5) is 11.7. The molecule has 7 heteroatoms. The summed E-state index contributed by atoms with van der Waals surface area (Å²) in [6.45, 7) is 0.223. The molecule has 0 N–H and O–H groups in total. The monoisotopic (exact) mass is 384 g/mol. The van der Waals surface area contributed by atoms with Crippen molar-refractivity contribution in [2.45, 2.75) is 6.61 Å². The number of hydrogen-bond acceptors (Lipinski definition) is 5. The van der Waals surface area contributed by atoms with Crippen LogP contribution in [0.15, 0.2) is 39.4 Å². The Balaban J connectivity index is 1.59. The first-order valence-electron chi connectivity index (χ1n) is 6.30. The topological polar surface area (TPSA) is 57.9 Å². The van der Waals surface area contributed by atoms with Crippen molar-refractivity contribution in [1.29, 1.82) is 0 Å². The summed E-state index contributed by atoms with van der Waals surface area (Å²) in [5.41, 5.74) is 0.719. The SMILES string of the molecule is O=C(/C=C/c1ccc(Br)o1)OCc1cc(Cl)c2c(c1)OCO2. The largest absolute Gasteiger partial charge is 0.458 e. The van der Waals surface area contributed by atoms with Gasteiger partial charge in [0.2, 0.25) is 6.79 Å². The number of furan rings is 1. The van der Waals surface area contributed by atoms with Gasteiger partial charge in [-0.25, -0.2) is 4.79 Å². The second-order valence-electron chi connectivity index (χ2n) is 4.39. The molecule has 1 aliphatic rings. The summed E-state index contributed by atoms with van der Waals surface area (Å²) in [6, 6.07) is 6.87. The standard InChI is InChI=1S/C15H10BrClO5/c16-13-3-1-10(22-13)2-4-14(18)19-7-9-5-11(17)15-12(6-9)20-8-21-15/h1-6H,7-8H2/b4-2+. The summed E-state index contributed by atoms with van der Waals surface area (Å²) in [6.07, 6.45) is 2.82. The molecule has 0 amide bonds. The molecule has 1 aromatic carbocycles. The molecule has 0 saturated carbocycles. The van der Waals surface area contributed by atoms with Crippen LogP contribution in [0, 0.1) is 0 Å². The minimum absolute atomic E-state index is 0.0847. The second-order valence-corrected chi connectivity index (χ2v) is 5.58. The molecule has 0 saturated heterocycles. The van der Waals surface area contributed by atoms with Gasteiger partial charge in [0.05, 0.1) is 5.02 Å². The zero-order valence-electron chi connectivity index (χ0n) is 11.2. The van der Waals surface area contributed by atoms with Crippen molar-refractivity contribution < 1.29 is 23.4 Å². The van der Waals surface area contributed by atoms with E-state index >= 15 is 0 Å². The van der Waals surface area contributed by atoms with Gasteiger partial charge >= 0.3 is 5.97 Å². The maximum absolute atomic E-state index is 11.7. The van der Waals surface area contributed by atoms with Crippen LogP contribution in [0.3, 0.4) is 0 Å². The van der Waals surface area contributed by atoms with Crippen LogP contribution in [-0.4, -0.2) is 12.8 Å². The quantitative estimate of drug-likeness (QED) is 0.584. The van der Waals surface area contributed by atoms with Gasteiger partial charge in [0.15, 0.2) is 16.2 Å². The molecule has 2 heterocycles. The van der Waals surface area contributed by atoms with Gasteiger partial charge in [0.1, 0.15) is 12.4 Å². The third kappa shape index (κ3) is 3.45. The van der Waals surface area contributed by atoms with Crippen molar-refractivity contribution in [2.75, 3.05) is 6.79 Å². The van der Waals surface area contributed by atoms with E-state index in [1.807, 2.05) is 0 Å². The number of hydrogen-bond donors (Lipinski definition) is 0. The Hall–Kier alpha value is -1.92. The summed E-state index contributed by atoms with van der Waals surface area (Å²) in [5.74, 6) is 1.13. The highest BCUT2D eigenvalue weighted by atomic mass is 79.9. The highest BCUT2D eigenvalue weighted by Crippen LogP contribution is 2.39. The van der Waals surface area contributed by atoms with Gasteiger partial charge in [-0.2, -0.15) is 0 Å². The van der Waals surface area contributed by atoms with Crippen LogP contribution in [0.25, 0.3) is 6.08 Å². The lowest BCUT2D eigenvalue weighted by atomic mass is 10.2. The minimum Gasteiger partial charge on any atom is -0.458 e. The summed E-state index contributed by atoms with van der Waals surface area (Å²) in [7, 11) is 0. The first-order chi connectivity index (χ1) is 10.6. The molecule has 3 rings (SSSR count).